The van der Waals surface area contributed by atoms with Gasteiger partial charge in [-0.1, -0.05) is 200 Å². The summed E-state index contributed by atoms with van der Waals surface area (Å²) in [6.45, 7) is 6.65. The third-order valence-corrected chi connectivity index (χ3v) is 12.1. The topological polar surface area (TPSA) is 111 Å². The van der Waals surface area contributed by atoms with Crippen molar-refractivity contribution in [1.29, 1.82) is 0 Å². The molecule has 0 aromatic heterocycles. The third kappa shape index (κ3) is 50.9. The molecule has 402 valence electrons. The Morgan fingerprint density at radius 1 is 0.507 bits per heavy atom. The summed E-state index contributed by atoms with van der Waals surface area (Å²) in [7, 11) is 1.40. The summed E-state index contributed by atoms with van der Waals surface area (Å²) in [6.07, 6.45) is 70.4. The molecule has 9 nitrogen and oxygen atoms in total. The molecule has 0 bridgehead atoms. The van der Waals surface area contributed by atoms with Crippen LogP contribution < -0.4 is 5.32 Å². The number of phosphoric acid groups is 1. The highest BCUT2D eigenvalue weighted by Crippen LogP contribution is 2.43. The van der Waals surface area contributed by atoms with Gasteiger partial charge in [0, 0.05) is 12.8 Å². The molecule has 0 aliphatic heterocycles. The van der Waals surface area contributed by atoms with Gasteiger partial charge in [-0.25, -0.2) is 4.57 Å². The van der Waals surface area contributed by atoms with Crippen molar-refractivity contribution < 1.29 is 37.3 Å². The number of hydrogen-bond acceptors (Lipinski definition) is 6. The van der Waals surface area contributed by atoms with Gasteiger partial charge >= 0.3 is 13.8 Å². The molecular weight excluding hydrogens is 904 g/mol. The monoisotopic (exact) mass is 1010 g/mol. The number of likely N-dealkylation sites (N-methyl/N-ethyl adjacent to an activating group) is 1. The third-order valence-electron chi connectivity index (χ3n) is 11.1. The summed E-state index contributed by atoms with van der Waals surface area (Å²) in [6, 6.07) is -0.909. The van der Waals surface area contributed by atoms with E-state index in [1.54, 1.807) is 6.08 Å². The number of quaternary nitrogens is 1. The van der Waals surface area contributed by atoms with E-state index in [0.29, 0.717) is 23.9 Å². The molecular formula is C61H102N2O7P+. The molecule has 0 rings (SSSR count). The fourth-order valence-electron chi connectivity index (χ4n) is 6.89. The minimum Gasteiger partial charge on any atom is -0.456 e. The van der Waals surface area contributed by atoms with Crippen LogP contribution in [0.4, 0.5) is 0 Å². The van der Waals surface area contributed by atoms with E-state index in [1.165, 1.54) is 44.9 Å². The number of unbranched alkanes of at least 4 members (excludes halogenated alkanes) is 11. The van der Waals surface area contributed by atoms with Gasteiger partial charge in [-0.15, -0.1) is 0 Å². The van der Waals surface area contributed by atoms with E-state index in [-0.39, 0.29) is 32.0 Å². The lowest BCUT2D eigenvalue weighted by Crippen LogP contribution is -2.47. The van der Waals surface area contributed by atoms with Gasteiger partial charge in [0.2, 0.25) is 5.91 Å². The van der Waals surface area contributed by atoms with E-state index in [1.807, 2.05) is 27.2 Å². The standard InChI is InChI=1S/C61H101N2O7P/c1-7-10-13-16-19-22-25-27-29-31-33-35-38-41-44-47-50-53-60(64)62-58(57-69-71(66,67)68-56-55-63(4,5)6)59(52-49-46-43-40-37-24-21-18-15-12-9-3)70-61(65)54-51-48-45-42-39-36-34-32-30-28-26-23-20-17-14-11-8-2/h10-11,13-14,19-20,22-23,27-30,33-36,41-42,44-45,49,52,58-59H,7-9,12,15-18,21,24-26,31-32,37-40,43,46-48,50-51,53-57H2,1-6H3,(H-,62,64,66,67)/p+1/b13-10-,14-11-,22-19-,23-20-,29-27-,30-28-,35-33-,36-34-,44-41-,45-42-,52-49+. The number of nitrogens with zero attached hydrogens (tertiary/aromatic N) is 1. The van der Waals surface area contributed by atoms with E-state index in [9.17, 15) is 19.0 Å². The highest BCUT2D eigenvalue weighted by Gasteiger charge is 2.30. The van der Waals surface area contributed by atoms with Gasteiger partial charge in [-0.2, -0.15) is 0 Å². The van der Waals surface area contributed by atoms with Crippen LogP contribution in [0.3, 0.4) is 0 Å². The Morgan fingerprint density at radius 3 is 1.34 bits per heavy atom. The second-order valence-electron chi connectivity index (χ2n) is 19.0. The number of allylic oxidation sites excluding steroid dienone is 21. The first-order valence-corrected chi connectivity index (χ1v) is 29.0. The van der Waals surface area contributed by atoms with Crippen LogP contribution in [0.25, 0.3) is 0 Å². The Morgan fingerprint density at radius 2 is 0.901 bits per heavy atom. The largest absolute Gasteiger partial charge is 0.472 e. The van der Waals surface area contributed by atoms with Crippen molar-refractivity contribution in [3.05, 3.63) is 134 Å². The molecule has 1 amide bonds. The Labute approximate surface area is 435 Å². The molecule has 0 heterocycles. The number of esters is 1. The van der Waals surface area contributed by atoms with Crippen molar-refractivity contribution in [3.63, 3.8) is 0 Å². The molecule has 0 fully saturated rings. The highest BCUT2D eigenvalue weighted by atomic mass is 31.2. The van der Waals surface area contributed by atoms with Crippen molar-refractivity contribution in [2.45, 2.75) is 200 Å². The Balaban J connectivity index is 5.56. The van der Waals surface area contributed by atoms with E-state index >= 15 is 0 Å². The normalized spacial score (nSPS) is 14.9. The molecule has 0 aliphatic carbocycles. The lowest BCUT2D eigenvalue weighted by atomic mass is 10.1. The van der Waals surface area contributed by atoms with Crippen LogP contribution in [0.5, 0.6) is 0 Å². The van der Waals surface area contributed by atoms with Crippen LogP contribution >= 0.6 is 7.82 Å². The molecule has 0 aliphatic rings. The number of amides is 1. The number of nitrogens with one attached hydrogen (secondary N) is 1. The number of carbonyl (C=O) groups is 2. The van der Waals surface area contributed by atoms with Crippen LogP contribution in [0, 0.1) is 0 Å². The smallest absolute Gasteiger partial charge is 0.456 e. The van der Waals surface area contributed by atoms with Gasteiger partial charge in [0.15, 0.2) is 0 Å². The summed E-state index contributed by atoms with van der Waals surface area (Å²) < 4.78 is 30.5. The summed E-state index contributed by atoms with van der Waals surface area (Å²) in [4.78, 5) is 37.5. The molecule has 0 saturated heterocycles. The number of ether oxygens (including phenoxy) is 1. The number of phosphoric ester groups is 1. The lowest BCUT2D eigenvalue weighted by molar-refractivity contribution is -0.870. The lowest BCUT2D eigenvalue weighted by Gasteiger charge is -2.27. The Bertz CT molecular complexity index is 1680. The van der Waals surface area contributed by atoms with E-state index in [0.717, 1.165) is 96.3 Å². The maximum Gasteiger partial charge on any atom is 0.472 e. The Kier molecular flexibility index (Phi) is 47.0. The van der Waals surface area contributed by atoms with Crippen molar-refractivity contribution in [2.24, 2.45) is 0 Å². The molecule has 3 unspecified atom stereocenters. The molecule has 0 radical (unpaired) electrons. The van der Waals surface area contributed by atoms with E-state index < -0.39 is 25.9 Å². The van der Waals surface area contributed by atoms with E-state index in [4.69, 9.17) is 13.8 Å². The number of hydrogen-bond donors (Lipinski definition) is 2. The maximum absolute atomic E-state index is 13.5. The number of carbonyl (C=O) groups excluding carboxylic acids is 2. The molecule has 71 heavy (non-hydrogen) atoms. The first-order valence-electron chi connectivity index (χ1n) is 27.5. The molecule has 3 atom stereocenters. The zero-order valence-electron chi connectivity index (χ0n) is 45.7. The van der Waals surface area contributed by atoms with Crippen molar-refractivity contribution in [3.8, 4) is 0 Å². The first kappa shape index (κ1) is 67.1. The summed E-state index contributed by atoms with van der Waals surface area (Å²) in [5.41, 5.74) is 0. The van der Waals surface area contributed by atoms with Gasteiger partial charge in [0.1, 0.15) is 19.3 Å². The first-order chi connectivity index (χ1) is 34.4. The second kappa shape index (κ2) is 49.7. The van der Waals surface area contributed by atoms with Crippen LogP contribution in [-0.2, 0) is 27.9 Å². The fourth-order valence-corrected chi connectivity index (χ4v) is 7.63. The predicted molar refractivity (Wildman–Crippen MR) is 304 cm³/mol. The SMILES string of the molecule is CC/C=C\C/C=C\C/C=C\C/C=C\C/C=C\CCCC(=O)NC(COP(=O)(O)OCC[N+](C)(C)C)C(/C=C/CCCCCCCCCCC)OC(=O)CCC/C=C\C/C=C\C/C=C\C/C=C\C/C=C\CC. The average Bonchev–Trinajstić information content (AvgIpc) is 3.33. The van der Waals surface area contributed by atoms with Crippen molar-refractivity contribution in [2.75, 3.05) is 40.9 Å². The molecule has 0 aromatic carbocycles. The van der Waals surface area contributed by atoms with Crippen LogP contribution in [0.2, 0.25) is 0 Å². The summed E-state index contributed by atoms with van der Waals surface area (Å²) in [5.74, 6) is -0.657. The highest BCUT2D eigenvalue weighted by molar-refractivity contribution is 7.47. The zero-order valence-corrected chi connectivity index (χ0v) is 46.5. The molecule has 0 aromatic rings. The summed E-state index contributed by atoms with van der Waals surface area (Å²) >= 11 is 0. The number of rotatable bonds is 47. The zero-order chi connectivity index (χ0) is 52.2. The minimum atomic E-state index is -4.48. The van der Waals surface area contributed by atoms with E-state index in [2.05, 4.69) is 148 Å². The van der Waals surface area contributed by atoms with Crippen LogP contribution in [-0.4, -0.2) is 74.3 Å². The van der Waals surface area contributed by atoms with Gasteiger partial charge in [-0.3, -0.25) is 18.6 Å². The average molecular weight is 1010 g/mol. The Hall–Kier alpha value is -3.85. The van der Waals surface area contributed by atoms with Gasteiger partial charge < -0.3 is 19.4 Å². The van der Waals surface area contributed by atoms with Gasteiger partial charge in [0.05, 0.1) is 33.8 Å². The van der Waals surface area contributed by atoms with Gasteiger partial charge in [0.25, 0.3) is 0 Å². The fraction of sp³-hybridized carbons (Fsp3) is 0.607. The van der Waals surface area contributed by atoms with Gasteiger partial charge in [-0.05, 0) is 109 Å². The maximum atomic E-state index is 13.5. The second-order valence-corrected chi connectivity index (χ2v) is 20.4. The summed E-state index contributed by atoms with van der Waals surface area (Å²) in [5, 5.41) is 2.99. The van der Waals surface area contributed by atoms with Crippen molar-refractivity contribution >= 4 is 19.7 Å². The molecule has 0 saturated carbocycles. The predicted octanol–water partition coefficient (Wildman–Crippen LogP) is 16.5. The quantitative estimate of drug-likeness (QED) is 0.0205. The molecule has 10 heteroatoms. The minimum absolute atomic E-state index is 0.0129. The molecule has 0 spiro atoms. The van der Waals surface area contributed by atoms with Crippen LogP contribution in [0.15, 0.2) is 134 Å². The molecule has 2 N–H and O–H groups in total. The van der Waals surface area contributed by atoms with Crippen molar-refractivity contribution in [1.82, 2.24) is 5.32 Å². The van der Waals surface area contributed by atoms with Crippen LogP contribution in [0.1, 0.15) is 188 Å².